The van der Waals surface area contributed by atoms with Crippen LogP contribution in [0.1, 0.15) is 43.4 Å². The molecule has 0 bridgehead atoms. The fourth-order valence-electron chi connectivity index (χ4n) is 5.44. The van der Waals surface area contributed by atoms with Gasteiger partial charge in [0.25, 0.3) is 0 Å². The minimum atomic E-state index is -0.0176. The molecule has 1 heteroatoms. The molecule has 1 aromatic heterocycles. The van der Waals surface area contributed by atoms with Gasteiger partial charge in [0.2, 0.25) is 0 Å². The summed E-state index contributed by atoms with van der Waals surface area (Å²) in [6.07, 6.45) is 0. The second kappa shape index (κ2) is 6.09. The number of hydrogen-bond donors (Lipinski definition) is 0. The maximum Gasteiger partial charge on any atom is 0.0579 e. The SMILES string of the molecule is CC(C)(C)n1c2ccccc2c2ccc3c(c21)-c1ccccc1C3c1ccccc1. The topological polar surface area (TPSA) is 4.93 Å². The average molecular weight is 388 g/mol. The molecule has 6 rings (SSSR count). The molecule has 4 aromatic carbocycles. The van der Waals surface area contributed by atoms with Crippen LogP contribution in [0.2, 0.25) is 0 Å². The van der Waals surface area contributed by atoms with E-state index in [9.17, 15) is 0 Å². The Hall–Kier alpha value is -3.32. The van der Waals surface area contributed by atoms with Crippen LogP contribution in [0.3, 0.4) is 0 Å². The second-order valence-corrected chi connectivity index (χ2v) is 9.38. The van der Waals surface area contributed by atoms with E-state index in [1.165, 1.54) is 49.6 Å². The number of fused-ring (bicyclic) bond motifs is 7. The fraction of sp³-hybridized carbons (Fsp3) is 0.172. The molecule has 1 nitrogen and oxygen atoms in total. The molecule has 0 spiro atoms. The average Bonchev–Trinajstić information content (AvgIpc) is 3.27. The van der Waals surface area contributed by atoms with Crippen molar-refractivity contribution < 1.29 is 0 Å². The predicted molar refractivity (Wildman–Crippen MR) is 127 cm³/mol. The third-order valence-electron chi connectivity index (χ3n) is 6.52. The monoisotopic (exact) mass is 387 g/mol. The quantitative estimate of drug-likeness (QED) is 0.272. The van der Waals surface area contributed by atoms with Crippen molar-refractivity contribution in [3.05, 3.63) is 108 Å². The molecule has 0 saturated carbocycles. The Balaban J connectivity index is 1.81. The number of benzene rings is 4. The first-order valence-corrected chi connectivity index (χ1v) is 10.8. The van der Waals surface area contributed by atoms with E-state index in [4.69, 9.17) is 0 Å². The minimum absolute atomic E-state index is 0.0176. The maximum atomic E-state index is 2.56. The summed E-state index contributed by atoms with van der Waals surface area (Å²) in [4.78, 5) is 0. The van der Waals surface area contributed by atoms with E-state index in [1.807, 2.05) is 0 Å². The molecular weight excluding hydrogens is 362 g/mol. The van der Waals surface area contributed by atoms with Crippen molar-refractivity contribution in [2.45, 2.75) is 32.2 Å². The first kappa shape index (κ1) is 17.5. The molecule has 0 N–H and O–H groups in total. The van der Waals surface area contributed by atoms with Crippen molar-refractivity contribution >= 4 is 21.8 Å². The maximum absolute atomic E-state index is 2.56. The van der Waals surface area contributed by atoms with Crippen LogP contribution in [0.15, 0.2) is 91.0 Å². The molecule has 0 aliphatic heterocycles. The van der Waals surface area contributed by atoms with E-state index in [-0.39, 0.29) is 11.5 Å². The summed E-state index contributed by atoms with van der Waals surface area (Å²) in [5.41, 5.74) is 9.64. The highest BCUT2D eigenvalue weighted by Gasteiger charge is 2.33. The van der Waals surface area contributed by atoms with Gasteiger partial charge < -0.3 is 4.57 Å². The number of nitrogens with zero attached hydrogens (tertiary/aromatic N) is 1. The zero-order valence-corrected chi connectivity index (χ0v) is 17.7. The molecular formula is C29H25N. The molecule has 0 fully saturated rings. The number of rotatable bonds is 1. The van der Waals surface area contributed by atoms with Crippen molar-refractivity contribution in [3.8, 4) is 11.1 Å². The van der Waals surface area contributed by atoms with Gasteiger partial charge in [-0.3, -0.25) is 0 Å². The zero-order chi connectivity index (χ0) is 20.5. The third-order valence-corrected chi connectivity index (χ3v) is 6.52. The number of para-hydroxylation sites is 1. The van der Waals surface area contributed by atoms with Gasteiger partial charge in [0, 0.05) is 33.3 Å². The van der Waals surface area contributed by atoms with E-state index in [0.717, 1.165) is 0 Å². The smallest absolute Gasteiger partial charge is 0.0579 e. The van der Waals surface area contributed by atoms with Gasteiger partial charge in [0.1, 0.15) is 0 Å². The highest BCUT2D eigenvalue weighted by Crippen LogP contribution is 2.52. The number of aromatic nitrogens is 1. The van der Waals surface area contributed by atoms with Gasteiger partial charge in [-0.25, -0.2) is 0 Å². The largest absolute Gasteiger partial charge is 0.335 e. The van der Waals surface area contributed by atoms with Crippen LogP contribution in [0.4, 0.5) is 0 Å². The summed E-state index contributed by atoms with van der Waals surface area (Å²) in [5, 5.41) is 2.69. The summed E-state index contributed by atoms with van der Waals surface area (Å²) < 4.78 is 2.56. The number of hydrogen-bond acceptors (Lipinski definition) is 0. The van der Waals surface area contributed by atoms with Crippen LogP contribution in [0.5, 0.6) is 0 Å². The molecule has 0 radical (unpaired) electrons. The highest BCUT2D eigenvalue weighted by atomic mass is 15.0. The Kier molecular flexibility index (Phi) is 3.56. The highest BCUT2D eigenvalue weighted by molar-refractivity contribution is 6.14. The van der Waals surface area contributed by atoms with Crippen LogP contribution in [-0.2, 0) is 5.54 Å². The Bertz CT molecular complexity index is 1410. The summed E-state index contributed by atoms with van der Waals surface area (Å²) in [6, 6.07) is 33.5. The van der Waals surface area contributed by atoms with Crippen LogP contribution in [0, 0.1) is 0 Å². The third kappa shape index (κ3) is 2.29. The van der Waals surface area contributed by atoms with Gasteiger partial charge in [-0.1, -0.05) is 84.9 Å². The lowest BCUT2D eigenvalue weighted by molar-refractivity contribution is 0.423. The van der Waals surface area contributed by atoms with Crippen LogP contribution in [0.25, 0.3) is 32.9 Å². The molecule has 30 heavy (non-hydrogen) atoms. The van der Waals surface area contributed by atoms with Gasteiger partial charge in [0.15, 0.2) is 0 Å². The van der Waals surface area contributed by atoms with Gasteiger partial charge in [-0.15, -0.1) is 0 Å². The molecule has 1 aliphatic rings. The molecule has 0 amide bonds. The molecule has 1 unspecified atom stereocenters. The van der Waals surface area contributed by atoms with E-state index in [2.05, 4.69) is 116 Å². The summed E-state index contributed by atoms with van der Waals surface area (Å²) in [7, 11) is 0. The Morgan fingerprint density at radius 3 is 2.13 bits per heavy atom. The van der Waals surface area contributed by atoms with Crippen LogP contribution < -0.4 is 0 Å². The first-order valence-electron chi connectivity index (χ1n) is 10.8. The van der Waals surface area contributed by atoms with Crippen molar-refractivity contribution in [2.75, 3.05) is 0 Å². The predicted octanol–water partition coefficient (Wildman–Crippen LogP) is 7.71. The van der Waals surface area contributed by atoms with Crippen LogP contribution in [-0.4, -0.2) is 4.57 Å². The zero-order valence-electron chi connectivity index (χ0n) is 17.7. The Morgan fingerprint density at radius 1 is 0.633 bits per heavy atom. The standard InChI is InChI=1S/C29H25N/c1-29(2,3)30-25-16-10-9-13-20(25)23-17-18-24-26(19-11-5-4-6-12-19)21-14-7-8-15-22(21)27(24)28(23)30/h4-18,26H,1-3H3. The minimum Gasteiger partial charge on any atom is -0.335 e. The van der Waals surface area contributed by atoms with E-state index >= 15 is 0 Å². The van der Waals surface area contributed by atoms with E-state index < -0.39 is 0 Å². The van der Waals surface area contributed by atoms with Crippen molar-refractivity contribution in [1.82, 2.24) is 4.57 Å². The molecule has 5 aromatic rings. The lowest BCUT2D eigenvalue weighted by Crippen LogP contribution is -2.21. The summed E-state index contributed by atoms with van der Waals surface area (Å²) >= 11 is 0. The fourth-order valence-corrected chi connectivity index (χ4v) is 5.44. The Morgan fingerprint density at radius 2 is 1.33 bits per heavy atom. The molecule has 1 atom stereocenters. The van der Waals surface area contributed by atoms with Crippen LogP contribution >= 0.6 is 0 Å². The van der Waals surface area contributed by atoms with E-state index in [0.29, 0.717) is 0 Å². The van der Waals surface area contributed by atoms with Crippen molar-refractivity contribution in [3.63, 3.8) is 0 Å². The summed E-state index contributed by atoms with van der Waals surface area (Å²) in [6.45, 7) is 6.94. The normalized spacial score (nSPS) is 15.5. The van der Waals surface area contributed by atoms with Gasteiger partial charge in [0.05, 0.1) is 5.52 Å². The van der Waals surface area contributed by atoms with Gasteiger partial charge >= 0.3 is 0 Å². The summed E-state index contributed by atoms with van der Waals surface area (Å²) in [5.74, 6) is 0.285. The molecule has 0 saturated heterocycles. The second-order valence-electron chi connectivity index (χ2n) is 9.38. The lowest BCUT2D eigenvalue weighted by atomic mass is 9.89. The van der Waals surface area contributed by atoms with Gasteiger partial charge in [-0.05, 0) is 49.1 Å². The Labute approximate surface area is 177 Å². The lowest BCUT2D eigenvalue weighted by Gasteiger charge is -2.25. The van der Waals surface area contributed by atoms with Gasteiger partial charge in [-0.2, -0.15) is 0 Å². The van der Waals surface area contributed by atoms with Crippen molar-refractivity contribution in [2.24, 2.45) is 0 Å². The first-order chi connectivity index (χ1) is 14.6. The molecule has 1 aliphatic carbocycles. The van der Waals surface area contributed by atoms with E-state index in [1.54, 1.807) is 0 Å². The molecule has 1 heterocycles. The van der Waals surface area contributed by atoms with Crippen molar-refractivity contribution in [1.29, 1.82) is 0 Å². The molecule has 146 valence electrons.